The van der Waals surface area contributed by atoms with Crippen LogP contribution in [-0.2, 0) is 0 Å². The number of nitrogens with two attached hydrogens (primary N) is 1. The zero-order chi connectivity index (χ0) is 11.5. The zero-order valence-corrected chi connectivity index (χ0v) is 9.03. The third kappa shape index (κ3) is 1.96. The lowest BCUT2D eigenvalue weighted by atomic mass is 9.98. The van der Waals surface area contributed by atoms with Crippen molar-refractivity contribution in [3.63, 3.8) is 0 Å². The lowest BCUT2D eigenvalue weighted by Gasteiger charge is -2.06. The summed E-state index contributed by atoms with van der Waals surface area (Å²) in [6.07, 6.45) is 0. The smallest absolute Gasteiger partial charge is 0.249 e. The molecule has 2 nitrogen and oxygen atoms in total. The van der Waals surface area contributed by atoms with E-state index in [1.807, 2.05) is 43.3 Å². The number of benzene rings is 2. The summed E-state index contributed by atoms with van der Waals surface area (Å²) in [6, 6.07) is 16.3. The Morgan fingerprint density at radius 3 is 2.50 bits per heavy atom. The van der Waals surface area contributed by atoms with Gasteiger partial charge in [0.15, 0.2) is 0 Å². The first-order valence-corrected chi connectivity index (χ1v) is 5.06. The molecule has 0 bridgehead atoms. The summed E-state index contributed by atoms with van der Waals surface area (Å²) in [6.45, 7) is 2.02. The summed E-state index contributed by atoms with van der Waals surface area (Å²) in [5.41, 5.74) is 8.74. The largest absolute Gasteiger partial charge is 0.366 e. The molecule has 0 aliphatic heterocycles. The Balaban J connectivity index is 2.55. The SMILES string of the molecule is Cc1ccc(-c2ccc[c]c2C(N)=O)cc1. The van der Waals surface area contributed by atoms with Gasteiger partial charge >= 0.3 is 0 Å². The molecule has 2 aromatic rings. The molecule has 2 heteroatoms. The van der Waals surface area contributed by atoms with Crippen LogP contribution in [0.15, 0.2) is 42.5 Å². The van der Waals surface area contributed by atoms with Crippen molar-refractivity contribution in [2.75, 3.05) is 0 Å². The maximum absolute atomic E-state index is 11.3. The molecular weight excluding hydrogens is 198 g/mol. The Labute approximate surface area is 94.7 Å². The number of aryl methyl sites for hydroxylation is 1. The first-order valence-electron chi connectivity index (χ1n) is 5.06. The molecule has 0 aliphatic rings. The highest BCUT2D eigenvalue weighted by Gasteiger charge is 2.08. The second-order valence-electron chi connectivity index (χ2n) is 3.69. The Morgan fingerprint density at radius 1 is 1.19 bits per heavy atom. The number of amides is 1. The summed E-state index contributed by atoms with van der Waals surface area (Å²) in [4.78, 5) is 11.3. The molecule has 0 aromatic heterocycles. The van der Waals surface area contributed by atoms with Gasteiger partial charge in [0.2, 0.25) is 5.91 Å². The zero-order valence-electron chi connectivity index (χ0n) is 9.03. The van der Waals surface area contributed by atoms with E-state index in [0.717, 1.165) is 11.1 Å². The van der Waals surface area contributed by atoms with Crippen molar-refractivity contribution >= 4 is 5.91 Å². The molecule has 0 aliphatic carbocycles. The van der Waals surface area contributed by atoms with Crippen molar-refractivity contribution < 1.29 is 4.79 Å². The van der Waals surface area contributed by atoms with Crippen LogP contribution in [0.5, 0.6) is 0 Å². The van der Waals surface area contributed by atoms with Crippen LogP contribution in [0.25, 0.3) is 11.1 Å². The van der Waals surface area contributed by atoms with Crippen LogP contribution in [0.4, 0.5) is 0 Å². The van der Waals surface area contributed by atoms with Gasteiger partial charge in [-0.05, 0) is 24.1 Å². The molecule has 2 N–H and O–H groups in total. The van der Waals surface area contributed by atoms with Crippen LogP contribution < -0.4 is 5.73 Å². The molecule has 79 valence electrons. The van der Waals surface area contributed by atoms with E-state index in [1.165, 1.54) is 5.56 Å². The average molecular weight is 210 g/mol. The lowest BCUT2D eigenvalue weighted by molar-refractivity contribution is 0.100. The highest BCUT2D eigenvalue weighted by atomic mass is 16.1. The van der Waals surface area contributed by atoms with E-state index < -0.39 is 5.91 Å². The van der Waals surface area contributed by atoms with E-state index in [1.54, 1.807) is 6.07 Å². The summed E-state index contributed by atoms with van der Waals surface area (Å²) >= 11 is 0. The number of hydrogen-bond donors (Lipinski definition) is 1. The van der Waals surface area contributed by atoms with Crippen LogP contribution in [0, 0.1) is 13.0 Å². The van der Waals surface area contributed by atoms with Crippen LogP contribution in [0.3, 0.4) is 0 Å². The fourth-order valence-electron chi connectivity index (χ4n) is 1.61. The molecule has 0 fully saturated rings. The summed E-state index contributed by atoms with van der Waals surface area (Å²) < 4.78 is 0. The Hall–Kier alpha value is -2.09. The van der Waals surface area contributed by atoms with Crippen molar-refractivity contribution in [2.45, 2.75) is 6.92 Å². The lowest BCUT2D eigenvalue weighted by Crippen LogP contribution is -2.12. The van der Waals surface area contributed by atoms with Gasteiger partial charge in [-0.2, -0.15) is 0 Å². The minimum Gasteiger partial charge on any atom is -0.366 e. The molecule has 1 radical (unpaired) electrons. The Morgan fingerprint density at radius 2 is 1.88 bits per heavy atom. The van der Waals surface area contributed by atoms with E-state index in [2.05, 4.69) is 6.07 Å². The predicted molar refractivity (Wildman–Crippen MR) is 64.0 cm³/mol. The highest BCUT2D eigenvalue weighted by Crippen LogP contribution is 2.23. The van der Waals surface area contributed by atoms with Gasteiger partial charge in [0.05, 0.1) is 5.56 Å². The van der Waals surface area contributed by atoms with E-state index in [4.69, 9.17) is 5.73 Å². The van der Waals surface area contributed by atoms with Gasteiger partial charge in [-0.1, -0.05) is 48.0 Å². The fourth-order valence-corrected chi connectivity index (χ4v) is 1.61. The Kier molecular flexibility index (Phi) is 2.73. The quantitative estimate of drug-likeness (QED) is 0.813. The van der Waals surface area contributed by atoms with Gasteiger partial charge in [-0.3, -0.25) is 4.79 Å². The van der Waals surface area contributed by atoms with Crippen molar-refractivity contribution in [1.29, 1.82) is 0 Å². The number of hydrogen-bond acceptors (Lipinski definition) is 1. The van der Waals surface area contributed by atoms with Gasteiger partial charge in [-0.15, -0.1) is 0 Å². The third-order valence-electron chi connectivity index (χ3n) is 2.47. The molecule has 0 spiro atoms. The van der Waals surface area contributed by atoms with Crippen molar-refractivity contribution in [3.8, 4) is 11.1 Å². The number of primary amides is 1. The number of carbonyl (C=O) groups is 1. The van der Waals surface area contributed by atoms with Crippen molar-refractivity contribution in [3.05, 3.63) is 59.7 Å². The van der Waals surface area contributed by atoms with E-state index in [9.17, 15) is 4.79 Å². The first-order chi connectivity index (χ1) is 7.68. The fraction of sp³-hybridized carbons (Fsp3) is 0.0714. The highest BCUT2D eigenvalue weighted by molar-refractivity contribution is 5.99. The van der Waals surface area contributed by atoms with Gasteiger partial charge in [0.25, 0.3) is 0 Å². The molecule has 2 aromatic carbocycles. The minimum atomic E-state index is -0.448. The normalized spacial score (nSPS) is 10.1. The molecule has 0 atom stereocenters. The number of rotatable bonds is 2. The molecule has 16 heavy (non-hydrogen) atoms. The standard InChI is InChI=1S/C14H12NO/c1-10-6-8-11(9-7-10)12-4-2-3-5-13(12)14(15)16/h2-4,6-9H,1H3,(H2,15,16). The van der Waals surface area contributed by atoms with Crippen LogP contribution in [-0.4, -0.2) is 5.91 Å². The molecule has 2 rings (SSSR count). The van der Waals surface area contributed by atoms with E-state index in [0.29, 0.717) is 5.56 Å². The van der Waals surface area contributed by atoms with Crippen LogP contribution in [0.1, 0.15) is 15.9 Å². The predicted octanol–water partition coefficient (Wildman–Crippen LogP) is 2.56. The summed E-state index contributed by atoms with van der Waals surface area (Å²) in [5, 5.41) is 0. The molecular formula is C14H12NO. The van der Waals surface area contributed by atoms with Crippen molar-refractivity contribution in [2.24, 2.45) is 5.73 Å². The number of carbonyl (C=O) groups excluding carboxylic acids is 1. The maximum atomic E-state index is 11.3. The van der Waals surface area contributed by atoms with Gasteiger partial charge < -0.3 is 5.73 Å². The third-order valence-corrected chi connectivity index (χ3v) is 2.47. The molecule has 1 amide bonds. The monoisotopic (exact) mass is 210 g/mol. The van der Waals surface area contributed by atoms with Gasteiger partial charge in [-0.25, -0.2) is 0 Å². The van der Waals surface area contributed by atoms with Crippen LogP contribution in [0.2, 0.25) is 0 Å². The molecule has 0 saturated carbocycles. The maximum Gasteiger partial charge on any atom is 0.249 e. The van der Waals surface area contributed by atoms with Crippen molar-refractivity contribution in [1.82, 2.24) is 0 Å². The van der Waals surface area contributed by atoms with Gasteiger partial charge in [0, 0.05) is 0 Å². The topological polar surface area (TPSA) is 43.1 Å². The average Bonchev–Trinajstić information content (AvgIpc) is 2.30. The van der Waals surface area contributed by atoms with Crippen LogP contribution >= 0.6 is 0 Å². The van der Waals surface area contributed by atoms with E-state index in [-0.39, 0.29) is 0 Å². The Bertz CT molecular complexity index is 515. The molecule has 0 saturated heterocycles. The molecule has 0 heterocycles. The van der Waals surface area contributed by atoms with Gasteiger partial charge in [0.1, 0.15) is 0 Å². The van der Waals surface area contributed by atoms with E-state index >= 15 is 0 Å². The first kappa shape index (κ1) is 10.4. The second kappa shape index (κ2) is 4.19. The summed E-state index contributed by atoms with van der Waals surface area (Å²) in [7, 11) is 0. The minimum absolute atomic E-state index is 0.436. The molecule has 0 unspecified atom stereocenters. The summed E-state index contributed by atoms with van der Waals surface area (Å²) in [5.74, 6) is -0.448. The second-order valence-corrected chi connectivity index (χ2v) is 3.69.